The minimum atomic E-state index is -2.92. The number of aromatic nitrogens is 3. The summed E-state index contributed by atoms with van der Waals surface area (Å²) in [4.78, 5) is 11.7. The minimum Gasteiger partial charge on any atom is -0.461 e. The van der Waals surface area contributed by atoms with Gasteiger partial charge in [0.25, 0.3) is 0 Å². The van der Waals surface area contributed by atoms with Crippen LogP contribution in [0.25, 0.3) is 11.3 Å². The Bertz CT molecular complexity index is 601. The van der Waals surface area contributed by atoms with Crippen LogP contribution in [-0.4, -0.2) is 34.6 Å². The van der Waals surface area contributed by atoms with Gasteiger partial charge in [0, 0.05) is 5.56 Å². The van der Waals surface area contributed by atoms with Crippen molar-refractivity contribution < 1.29 is 23.0 Å². The number of carbonyl (C=O) groups excluding carboxylic acids is 1. The van der Waals surface area contributed by atoms with Gasteiger partial charge in [0.15, 0.2) is 5.69 Å². The maximum absolute atomic E-state index is 12.2. The molecule has 0 aliphatic carbocycles. The number of H-pyrrole nitrogens is 1. The number of halogens is 2. The molecule has 8 heteroatoms. The fourth-order valence-corrected chi connectivity index (χ4v) is 1.59. The molecule has 2 rings (SSSR count). The number of aromatic amines is 1. The second kappa shape index (κ2) is 6.09. The van der Waals surface area contributed by atoms with Crippen LogP contribution in [0, 0.1) is 0 Å². The van der Waals surface area contributed by atoms with Crippen LogP contribution in [-0.2, 0) is 4.74 Å². The fourth-order valence-electron chi connectivity index (χ4n) is 1.59. The number of hydrogen-bond acceptors (Lipinski definition) is 5. The Hall–Kier alpha value is -2.51. The zero-order chi connectivity index (χ0) is 14.5. The van der Waals surface area contributed by atoms with Crippen molar-refractivity contribution in [3.05, 3.63) is 30.0 Å². The zero-order valence-corrected chi connectivity index (χ0v) is 10.5. The lowest BCUT2D eigenvalue weighted by Gasteiger charge is -2.06. The van der Waals surface area contributed by atoms with E-state index in [4.69, 9.17) is 4.74 Å². The van der Waals surface area contributed by atoms with Crippen LogP contribution in [0.4, 0.5) is 8.78 Å². The molecule has 1 N–H and O–H groups in total. The van der Waals surface area contributed by atoms with Gasteiger partial charge in [-0.25, -0.2) is 4.79 Å². The van der Waals surface area contributed by atoms with Gasteiger partial charge < -0.3 is 9.47 Å². The number of nitrogens with zero attached hydrogens (tertiary/aromatic N) is 2. The van der Waals surface area contributed by atoms with E-state index in [0.29, 0.717) is 5.56 Å². The van der Waals surface area contributed by atoms with Gasteiger partial charge in [-0.2, -0.15) is 19.1 Å². The number of carbonyl (C=O) groups is 1. The summed E-state index contributed by atoms with van der Waals surface area (Å²) in [5, 5.41) is 9.84. The Morgan fingerprint density at radius 1 is 1.40 bits per heavy atom. The first-order valence-electron chi connectivity index (χ1n) is 5.75. The predicted octanol–water partition coefficient (Wildman–Crippen LogP) is 2.25. The Labute approximate surface area is 112 Å². The average Bonchev–Trinajstić information content (AvgIpc) is 2.87. The number of benzene rings is 1. The van der Waals surface area contributed by atoms with Crippen LogP contribution < -0.4 is 4.74 Å². The molecule has 2 aromatic rings. The summed E-state index contributed by atoms with van der Waals surface area (Å²) in [6, 6.07) is 5.82. The molecule has 0 atom stereocenters. The summed E-state index contributed by atoms with van der Waals surface area (Å²) in [5.41, 5.74) is 0.615. The van der Waals surface area contributed by atoms with E-state index in [1.165, 1.54) is 18.2 Å². The molecular formula is C12H11F2N3O3. The number of esters is 1. The smallest absolute Gasteiger partial charge is 0.387 e. The van der Waals surface area contributed by atoms with Crippen molar-refractivity contribution in [3.63, 3.8) is 0 Å². The van der Waals surface area contributed by atoms with Crippen LogP contribution in [0.1, 0.15) is 17.4 Å². The highest BCUT2D eigenvalue weighted by molar-refractivity contribution is 5.93. The summed E-state index contributed by atoms with van der Waals surface area (Å²) in [6.45, 7) is -1.07. The highest BCUT2D eigenvalue weighted by Gasteiger charge is 2.19. The quantitative estimate of drug-likeness (QED) is 0.851. The van der Waals surface area contributed by atoms with Crippen LogP contribution >= 0.6 is 0 Å². The molecule has 0 radical (unpaired) electrons. The molecule has 6 nitrogen and oxygen atoms in total. The van der Waals surface area contributed by atoms with Gasteiger partial charge in [0.2, 0.25) is 0 Å². The molecule has 20 heavy (non-hydrogen) atoms. The van der Waals surface area contributed by atoms with Crippen molar-refractivity contribution in [2.75, 3.05) is 6.61 Å². The largest absolute Gasteiger partial charge is 0.461 e. The number of ether oxygens (including phenoxy) is 2. The van der Waals surface area contributed by atoms with Crippen molar-refractivity contribution in [2.24, 2.45) is 0 Å². The molecule has 0 saturated heterocycles. The lowest BCUT2D eigenvalue weighted by molar-refractivity contribution is -0.0498. The van der Waals surface area contributed by atoms with Crippen LogP contribution in [0.3, 0.4) is 0 Å². The zero-order valence-electron chi connectivity index (χ0n) is 10.5. The molecule has 1 heterocycles. The van der Waals surface area contributed by atoms with Gasteiger partial charge >= 0.3 is 12.6 Å². The Balaban J connectivity index is 2.32. The molecule has 0 amide bonds. The fraction of sp³-hybridized carbons (Fsp3) is 0.250. The molecule has 0 aliphatic heterocycles. The van der Waals surface area contributed by atoms with Gasteiger partial charge in [-0.3, -0.25) is 0 Å². The van der Waals surface area contributed by atoms with Crippen molar-refractivity contribution in [2.45, 2.75) is 13.5 Å². The monoisotopic (exact) mass is 283 g/mol. The van der Waals surface area contributed by atoms with E-state index in [1.807, 2.05) is 0 Å². The highest BCUT2D eigenvalue weighted by atomic mass is 19.3. The second-order valence-electron chi connectivity index (χ2n) is 3.65. The molecular weight excluding hydrogens is 272 g/mol. The first-order chi connectivity index (χ1) is 9.61. The number of rotatable bonds is 5. The van der Waals surface area contributed by atoms with Crippen molar-refractivity contribution in [1.82, 2.24) is 15.4 Å². The van der Waals surface area contributed by atoms with Crippen molar-refractivity contribution in [3.8, 4) is 17.0 Å². The molecule has 0 bridgehead atoms. The Morgan fingerprint density at radius 2 is 2.20 bits per heavy atom. The van der Waals surface area contributed by atoms with E-state index in [-0.39, 0.29) is 23.7 Å². The van der Waals surface area contributed by atoms with Gasteiger partial charge in [-0.15, -0.1) is 5.10 Å². The third-order valence-corrected chi connectivity index (χ3v) is 2.35. The molecule has 0 aliphatic rings. The van der Waals surface area contributed by atoms with E-state index in [1.54, 1.807) is 13.0 Å². The summed E-state index contributed by atoms with van der Waals surface area (Å²) in [6.07, 6.45) is 0. The average molecular weight is 283 g/mol. The van der Waals surface area contributed by atoms with Crippen LogP contribution in [0.2, 0.25) is 0 Å². The lowest BCUT2D eigenvalue weighted by atomic mass is 10.1. The number of alkyl halides is 2. The Morgan fingerprint density at radius 3 is 2.90 bits per heavy atom. The maximum atomic E-state index is 12.2. The van der Waals surface area contributed by atoms with Gasteiger partial charge in [0.1, 0.15) is 11.4 Å². The summed E-state index contributed by atoms with van der Waals surface area (Å²) >= 11 is 0. The van der Waals surface area contributed by atoms with E-state index < -0.39 is 12.6 Å². The van der Waals surface area contributed by atoms with Crippen molar-refractivity contribution >= 4 is 5.97 Å². The summed E-state index contributed by atoms with van der Waals surface area (Å²) in [5.74, 6) is -0.674. The van der Waals surface area contributed by atoms with E-state index in [9.17, 15) is 13.6 Å². The van der Waals surface area contributed by atoms with Gasteiger partial charge in [-0.05, 0) is 19.1 Å². The molecule has 0 saturated carbocycles. The molecule has 0 fully saturated rings. The SMILES string of the molecule is CCOC(=O)c1n[nH]nc1-c1cccc(OC(F)F)c1. The first kappa shape index (κ1) is 13.9. The van der Waals surface area contributed by atoms with E-state index >= 15 is 0 Å². The number of nitrogens with one attached hydrogen (secondary N) is 1. The third kappa shape index (κ3) is 3.08. The molecule has 0 spiro atoms. The highest BCUT2D eigenvalue weighted by Crippen LogP contribution is 2.25. The molecule has 1 aromatic carbocycles. The maximum Gasteiger partial charge on any atom is 0.387 e. The van der Waals surface area contributed by atoms with Crippen LogP contribution in [0.15, 0.2) is 24.3 Å². The van der Waals surface area contributed by atoms with E-state index in [0.717, 1.165) is 0 Å². The normalized spacial score (nSPS) is 10.6. The summed E-state index contributed by atoms with van der Waals surface area (Å²) < 4.78 is 33.5. The minimum absolute atomic E-state index is 0.0129. The molecule has 1 aromatic heterocycles. The Kier molecular flexibility index (Phi) is 4.24. The summed E-state index contributed by atoms with van der Waals surface area (Å²) in [7, 11) is 0. The van der Waals surface area contributed by atoms with Gasteiger partial charge in [-0.1, -0.05) is 12.1 Å². The third-order valence-electron chi connectivity index (χ3n) is 2.35. The molecule has 0 unspecified atom stereocenters. The standard InChI is InChI=1S/C12H11F2N3O3/c1-2-19-11(18)10-9(15-17-16-10)7-4-3-5-8(6-7)20-12(13)14/h3-6,12H,2H2,1H3,(H,15,16,17). The van der Waals surface area contributed by atoms with Gasteiger partial charge in [0.05, 0.1) is 6.61 Å². The number of hydrogen-bond donors (Lipinski definition) is 1. The van der Waals surface area contributed by atoms with Crippen molar-refractivity contribution in [1.29, 1.82) is 0 Å². The molecule has 106 valence electrons. The topological polar surface area (TPSA) is 77.1 Å². The first-order valence-corrected chi connectivity index (χ1v) is 5.75. The predicted molar refractivity (Wildman–Crippen MR) is 64.4 cm³/mol. The van der Waals surface area contributed by atoms with E-state index in [2.05, 4.69) is 20.1 Å². The lowest BCUT2D eigenvalue weighted by Crippen LogP contribution is -2.07. The van der Waals surface area contributed by atoms with Crippen LogP contribution in [0.5, 0.6) is 5.75 Å². The second-order valence-corrected chi connectivity index (χ2v) is 3.65.